The summed E-state index contributed by atoms with van der Waals surface area (Å²) in [7, 11) is 0. The number of nitrogens with zero attached hydrogens (tertiary/aromatic N) is 1. The Morgan fingerprint density at radius 2 is 2.13 bits per heavy atom. The molecule has 0 radical (unpaired) electrons. The molecule has 0 bridgehead atoms. The SMILES string of the molecule is CCCCCCOc1cccc(N/C=C(/C#N)C(=O)OCC)c1. The van der Waals surface area contributed by atoms with Crippen LogP contribution < -0.4 is 10.1 Å². The van der Waals surface area contributed by atoms with Gasteiger partial charge in [-0.15, -0.1) is 0 Å². The van der Waals surface area contributed by atoms with Crippen LogP contribution in [0, 0.1) is 11.3 Å². The molecule has 1 aromatic rings. The maximum atomic E-state index is 11.5. The molecule has 0 fully saturated rings. The first-order chi connectivity index (χ1) is 11.2. The van der Waals surface area contributed by atoms with Crippen molar-refractivity contribution < 1.29 is 14.3 Å². The summed E-state index contributed by atoms with van der Waals surface area (Å²) in [5, 5.41) is 11.9. The maximum Gasteiger partial charge on any atom is 0.350 e. The van der Waals surface area contributed by atoms with Gasteiger partial charge in [-0.25, -0.2) is 4.79 Å². The lowest BCUT2D eigenvalue weighted by molar-refractivity contribution is -0.138. The molecule has 0 saturated carbocycles. The number of nitrogens with one attached hydrogen (secondary N) is 1. The molecule has 0 spiro atoms. The van der Waals surface area contributed by atoms with Crippen LogP contribution >= 0.6 is 0 Å². The van der Waals surface area contributed by atoms with Gasteiger partial charge in [0, 0.05) is 18.0 Å². The third kappa shape index (κ3) is 7.37. The monoisotopic (exact) mass is 316 g/mol. The van der Waals surface area contributed by atoms with E-state index in [1.165, 1.54) is 25.5 Å². The van der Waals surface area contributed by atoms with Crippen LogP contribution in [-0.4, -0.2) is 19.2 Å². The molecular weight excluding hydrogens is 292 g/mol. The summed E-state index contributed by atoms with van der Waals surface area (Å²) in [6, 6.07) is 9.22. The Balaban J connectivity index is 2.56. The van der Waals surface area contributed by atoms with Gasteiger partial charge in [0.15, 0.2) is 5.57 Å². The van der Waals surface area contributed by atoms with Crippen LogP contribution in [0.25, 0.3) is 0 Å². The largest absolute Gasteiger partial charge is 0.494 e. The fourth-order valence-corrected chi connectivity index (χ4v) is 1.90. The molecule has 1 aromatic carbocycles. The highest BCUT2D eigenvalue weighted by atomic mass is 16.5. The molecule has 0 aliphatic heterocycles. The third-order valence-corrected chi connectivity index (χ3v) is 3.10. The van der Waals surface area contributed by atoms with Gasteiger partial charge in [-0.3, -0.25) is 0 Å². The molecule has 0 amide bonds. The maximum absolute atomic E-state index is 11.5. The van der Waals surface area contributed by atoms with Crippen molar-refractivity contribution >= 4 is 11.7 Å². The van der Waals surface area contributed by atoms with E-state index in [9.17, 15) is 4.79 Å². The Kier molecular flexibility index (Phi) is 8.99. The number of hydrogen-bond donors (Lipinski definition) is 1. The number of carbonyl (C=O) groups is 1. The Morgan fingerprint density at radius 1 is 1.30 bits per heavy atom. The molecule has 0 aromatic heterocycles. The molecule has 0 aliphatic carbocycles. The van der Waals surface area contributed by atoms with Gasteiger partial charge in [0.2, 0.25) is 0 Å². The molecule has 1 N–H and O–H groups in total. The van der Waals surface area contributed by atoms with Gasteiger partial charge < -0.3 is 14.8 Å². The van der Waals surface area contributed by atoms with E-state index >= 15 is 0 Å². The van der Waals surface area contributed by atoms with Crippen molar-refractivity contribution in [1.29, 1.82) is 5.26 Å². The molecule has 0 saturated heterocycles. The van der Waals surface area contributed by atoms with Gasteiger partial charge in [0.1, 0.15) is 11.8 Å². The highest BCUT2D eigenvalue weighted by Gasteiger charge is 2.09. The number of nitriles is 1. The van der Waals surface area contributed by atoms with Crippen LogP contribution in [0.4, 0.5) is 5.69 Å². The Bertz CT molecular complexity index is 562. The lowest BCUT2D eigenvalue weighted by atomic mass is 10.2. The van der Waals surface area contributed by atoms with Crippen LogP contribution in [0.15, 0.2) is 36.0 Å². The van der Waals surface area contributed by atoms with Gasteiger partial charge in [0.05, 0.1) is 13.2 Å². The quantitative estimate of drug-likeness (QED) is 0.305. The summed E-state index contributed by atoms with van der Waals surface area (Å²) < 4.78 is 10.5. The molecule has 0 aliphatic rings. The first kappa shape index (κ1) is 18.6. The predicted molar refractivity (Wildman–Crippen MR) is 90.0 cm³/mol. The summed E-state index contributed by atoms with van der Waals surface area (Å²) in [5.41, 5.74) is 0.672. The van der Waals surface area contributed by atoms with E-state index in [1.807, 2.05) is 30.3 Å². The molecule has 1 rings (SSSR count). The highest BCUT2D eigenvalue weighted by Crippen LogP contribution is 2.18. The number of esters is 1. The van der Waals surface area contributed by atoms with E-state index < -0.39 is 5.97 Å². The normalized spacial score (nSPS) is 10.7. The molecule has 23 heavy (non-hydrogen) atoms. The molecule has 0 atom stereocenters. The summed E-state index contributed by atoms with van der Waals surface area (Å²) in [5.74, 6) is 0.125. The van der Waals surface area contributed by atoms with E-state index in [-0.39, 0.29) is 12.2 Å². The number of hydrogen-bond acceptors (Lipinski definition) is 5. The number of ether oxygens (including phenoxy) is 2. The van der Waals surface area contributed by atoms with E-state index in [4.69, 9.17) is 14.7 Å². The molecule has 5 nitrogen and oxygen atoms in total. The number of benzene rings is 1. The Labute approximate surface area is 137 Å². The van der Waals surface area contributed by atoms with Crippen molar-refractivity contribution in [3.63, 3.8) is 0 Å². The van der Waals surface area contributed by atoms with Gasteiger partial charge in [-0.05, 0) is 25.5 Å². The third-order valence-electron chi connectivity index (χ3n) is 3.10. The molecular formula is C18H24N2O3. The van der Waals surface area contributed by atoms with Crippen molar-refractivity contribution in [3.8, 4) is 11.8 Å². The second-order valence-electron chi connectivity index (χ2n) is 4.97. The van der Waals surface area contributed by atoms with E-state index in [1.54, 1.807) is 6.92 Å². The van der Waals surface area contributed by atoms with Crippen molar-refractivity contribution in [2.45, 2.75) is 39.5 Å². The lowest BCUT2D eigenvalue weighted by Gasteiger charge is -2.08. The first-order valence-electron chi connectivity index (χ1n) is 7.98. The minimum atomic E-state index is -0.633. The fourth-order valence-electron chi connectivity index (χ4n) is 1.90. The fraction of sp³-hybridized carbons (Fsp3) is 0.444. The van der Waals surface area contributed by atoms with Gasteiger partial charge in [-0.2, -0.15) is 5.26 Å². The van der Waals surface area contributed by atoms with Crippen LogP contribution in [0.1, 0.15) is 39.5 Å². The minimum absolute atomic E-state index is 0.0715. The van der Waals surface area contributed by atoms with Crippen molar-refractivity contribution in [1.82, 2.24) is 0 Å². The highest BCUT2D eigenvalue weighted by molar-refractivity contribution is 5.93. The summed E-state index contributed by atoms with van der Waals surface area (Å²) in [6.45, 7) is 4.79. The predicted octanol–water partition coefficient (Wildman–Crippen LogP) is 4.03. The molecule has 0 heterocycles. The van der Waals surface area contributed by atoms with E-state index in [0.717, 1.165) is 17.9 Å². The average Bonchev–Trinajstić information content (AvgIpc) is 2.56. The number of carbonyl (C=O) groups excluding carboxylic acids is 1. The topological polar surface area (TPSA) is 71.3 Å². The summed E-state index contributed by atoms with van der Waals surface area (Å²) in [4.78, 5) is 11.5. The smallest absolute Gasteiger partial charge is 0.350 e. The number of anilines is 1. The van der Waals surface area contributed by atoms with Crippen LogP contribution in [0.3, 0.4) is 0 Å². The first-order valence-corrected chi connectivity index (χ1v) is 7.98. The van der Waals surface area contributed by atoms with Gasteiger partial charge in [0.25, 0.3) is 0 Å². The Hall–Kier alpha value is -2.48. The van der Waals surface area contributed by atoms with Crippen LogP contribution in [0.2, 0.25) is 0 Å². The second-order valence-corrected chi connectivity index (χ2v) is 4.97. The standard InChI is InChI=1S/C18H24N2O3/c1-3-5-6-7-11-23-17-10-8-9-16(12-17)20-14-15(13-19)18(21)22-4-2/h8-10,12,14,20H,3-7,11H2,1-2H3/b15-14-. The van der Waals surface area contributed by atoms with Gasteiger partial charge in [-0.1, -0.05) is 32.3 Å². The van der Waals surface area contributed by atoms with Crippen molar-refractivity contribution in [2.75, 3.05) is 18.5 Å². The van der Waals surface area contributed by atoms with Crippen molar-refractivity contribution in [2.24, 2.45) is 0 Å². The number of unbranched alkanes of at least 4 members (excludes halogenated alkanes) is 3. The zero-order valence-electron chi connectivity index (χ0n) is 13.8. The molecule has 124 valence electrons. The average molecular weight is 316 g/mol. The van der Waals surface area contributed by atoms with Crippen LogP contribution in [-0.2, 0) is 9.53 Å². The van der Waals surface area contributed by atoms with Gasteiger partial charge >= 0.3 is 5.97 Å². The molecule has 5 heteroatoms. The van der Waals surface area contributed by atoms with E-state index in [2.05, 4.69) is 12.2 Å². The zero-order chi connectivity index (χ0) is 16.9. The minimum Gasteiger partial charge on any atom is -0.494 e. The summed E-state index contributed by atoms with van der Waals surface area (Å²) >= 11 is 0. The second kappa shape index (κ2) is 11.1. The van der Waals surface area contributed by atoms with Crippen molar-refractivity contribution in [3.05, 3.63) is 36.0 Å². The van der Waals surface area contributed by atoms with Crippen LogP contribution in [0.5, 0.6) is 5.75 Å². The summed E-state index contributed by atoms with van der Waals surface area (Å²) in [6.07, 6.45) is 5.97. The Morgan fingerprint density at radius 3 is 2.83 bits per heavy atom. The molecule has 0 unspecified atom stereocenters. The van der Waals surface area contributed by atoms with E-state index in [0.29, 0.717) is 6.61 Å². The number of rotatable bonds is 10. The lowest BCUT2D eigenvalue weighted by Crippen LogP contribution is -2.07. The zero-order valence-corrected chi connectivity index (χ0v) is 13.8.